The molecule has 0 bridgehead atoms. The van der Waals surface area contributed by atoms with Crippen LogP contribution in [0.1, 0.15) is 37.3 Å². The molecule has 24 heavy (non-hydrogen) atoms. The SMILES string of the molecule is CCOc1ncnc(CC(=O)NC2(C(F)F)CC2)c1C1OCCO1. The van der Waals surface area contributed by atoms with Crippen molar-refractivity contribution in [1.29, 1.82) is 0 Å². The summed E-state index contributed by atoms with van der Waals surface area (Å²) in [6, 6.07) is 0. The van der Waals surface area contributed by atoms with Crippen LogP contribution in [-0.2, 0) is 20.7 Å². The molecule has 3 rings (SSSR count). The van der Waals surface area contributed by atoms with E-state index in [1.54, 1.807) is 6.92 Å². The van der Waals surface area contributed by atoms with E-state index in [2.05, 4.69) is 15.3 Å². The minimum atomic E-state index is -2.58. The molecule has 1 saturated heterocycles. The summed E-state index contributed by atoms with van der Waals surface area (Å²) in [4.78, 5) is 20.3. The van der Waals surface area contributed by atoms with Crippen molar-refractivity contribution in [3.05, 3.63) is 17.6 Å². The maximum absolute atomic E-state index is 13.0. The van der Waals surface area contributed by atoms with Gasteiger partial charge < -0.3 is 19.5 Å². The van der Waals surface area contributed by atoms with Crippen LogP contribution in [-0.4, -0.2) is 47.7 Å². The van der Waals surface area contributed by atoms with Gasteiger partial charge in [-0.3, -0.25) is 4.79 Å². The first-order chi connectivity index (χ1) is 11.6. The van der Waals surface area contributed by atoms with Crippen LogP contribution in [0.2, 0.25) is 0 Å². The number of hydrogen-bond donors (Lipinski definition) is 1. The lowest BCUT2D eigenvalue weighted by molar-refractivity contribution is -0.122. The minimum absolute atomic E-state index is 0.171. The van der Waals surface area contributed by atoms with E-state index in [-0.39, 0.29) is 25.1 Å². The standard InChI is InChI=1S/C15H19F2N3O4/c1-2-22-12-11(13-23-5-6-24-13)9(18-8-19-12)7-10(21)20-15(3-4-15)14(16)17/h8,13-14H,2-7H2,1H3,(H,20,21). The van der Waals surface area contributed by atoms with E-state index in [0.29, 0.717) is 31.1 Å². The number of amides is 1. The molecule has 1 N–H and O–H groups in total. The maximum Gasteiger partial charge on any atom is 0.261 e. The summed E-state index contributed by atoms with van der Waals surface area (Å²) in [5, 5.41) is 2.41. The van der Waals surface area contributed by atoms with Crippen LogP contribution in [0.4, 0.5) is 8.78 Å². The lowest BCUT2D eigenvalue weighted by atomic mass is 10.1. The van der Waals surface area contributed by atoms with Gasteiger partial charge in [0.25, 0.3) is 6.43 Å². The van der Waals surface area contributed by atoms with Gasteiger partial charge in [-0.25, -0.2) is 18.7 Å². The van der Waals surface area contributed by atoms with Crippen molar-refractivity contribution < 1.29 is 27.8 Å². The van der Waals surface area contributed by atoms with E-state index in [0.717, 1.165) is 0 Å². The monoisotopic (exact) mass is 343 g/mol. The van der Waals surface area contributed by atoms with Crippen molar-refractivity contribution in [2.75, 3.05) is 19.8 Å². The van der Waals surface area contributed by atoms with Crippen LogP contribution in [0.25, 0.3) is 0 Å². The van der Waals surface area contributed by atoms with Gasteiger partial charge in [0, 0.05) is 0 Å². The Balaban J connectivity index is 1.79. The van der Waals surface area contributed by atoms with E-state index in [1.807, 2.05) is 0 Å². The third kappa shape index (κ3) is 3.46. The summed E-state index contributed by atoms with van der Waals surface area (Å²) in [5.74, 6) is -0.245. The molecule has 9 heteroatoms. The number of hydrogen-bond acceptors (Lipinski definition) is 6. The number of halogens is 2. The van der Waals surface area contributed by atoms with Gasteiger partial charge >= 0.3 is 0 Å². The van der Waals surface area contributed by atoms with Crippen LogP contribution in [0, 0.1) is 0 Å². The number of nitrogens with one attached hydrogen (secondary N) is 1. The number of ether oxygens (including phenoxy) is 3. The zero-order chi connectivity index (χ0) is 17.2. The highest BCUT2D eigenvalue weighted by Crippen LogP contribution is 2.41. The topological polar surface area (TPSA) is 82.6 Å². The van der Waals surface area contributed by atoms with E-state index in [1.165, 1.54) is 6.33 Å². The normalized spacial score (nSPS) is 19.5. The van der Waals surface area contributed by atoms with Gasteiger partial charge in [-0.1, -0.05) is 0 Å². The Morgan fingerprint density at radius 1 is 1.42 bits per heavy atom. The molecule has 1 aliphatic carbocycles. The third-order valence-electron chi connectivity index (χ3n) is 3.99. The predicted molar refractivity (Wildman–Crippen MR) is 77.7 cm³/mol. The smallest absolute Gasteiger partial charge is 0.261 e. The average molecular weight is 343 g/mol. The van der Waals surface area contributed by atoms with Crippen molar-refractivity contribution >= 4 is 5.91 Å². The molecule has 2 aliphatic rings. The molecule has 0 spiro atoms. The van der Waals surface area contributed by atoms with Crippen molar-refractivity contribution in [2.45, 2.75) is 44.4 Å². The highest BCUT2D eigenvalue weighted by molar-refractivity contribution is 5.80. The van der Waals surface area contributed by atoms with E-state index in [4.69, 9.17) is 14.2 Å². The molecule has 0 unspecified atom stereocenters. The zero-order valence-corrected chi connectivity index (χ0v) is 13.3. The van der Waals surface area contributed by atoms with Crippen LogP contribution in [0.15, 0.2) is 6.33 Å². The highest BCUT2D eigenvalue weighted by Gasteiger charge is 2.52. The number of aromatic nitrogens is 2. The van der Waals surface area contributed by atoms with Crippen LogP contribution >= 0.6 is 0 Å². The first kappa shape index (κ1) is 17.0. The fourth-order valence-electron chi connectivity index (χ4n) is 2.57. The van der Waals surface area contributed by atoms with Gasteiger partial charge in [0.2, 0.25) is 11.8 Å². The molecule has 1 amide bonds. The van der Waals surface area contributed by atoms with Crippen molar-refractivity contribution in [1.82, 2.24) is 15.3 Å². The number of alkyl halides is 2. The maximum atomic E-state index is 13.0. The summed E-state index contributed by atoms with van der Waals surface area (Å²) in [7, 11) is 0. The summed E-state index contributed by atoms with van der Waals surface area (Å²) in [6.45, 7) is 2.99. The Labute approximate surface area is 137 Å². The number of rotatable bonds is 7. The van der Waals surface area contributed by atoms with Crippen LogP contribution in [0.5, 0.6) is 5.88 Å². The van der Waals surface area contributed by atoms with E-state index < -0.39 is 24.2 Å². The second-order valence-electron chi connectivity index (χ2n) is 5.73. The van der Waals surface area contributed by atoms with Crippen molar-refractivity contribution in [3.8, 4) is 5.88 Å². The number of carbonyl (C=O) groups is 1. The summed E-state index contributed by atoms with van der Waals surface area (Å²) in [5.41, 5.74) is -0.593. The van der Waals surface area contributed by atoms with Gasteiger partial charge in [-0.2, -0.15) is 0 Å². The van der Waals surface area contributed by atoms with Crippen LogP contribution in [0.3, 0.4) is 0 Å². The highest BCUT2D eigenvalue weighted by atomic mass is 19.3. The van der Waals surface area contributed by atoms with Gasteiger partial charge in [-0.15, -0.1) is 0 Å². The quantitative estimate of drug-likeness (QED) is 0.805. The summed E-state index contributed by atoms with van der Waals surface area (Å²) in [6.07, 6.45) is -1.63. The third-order valence-corrected chi connectivity index (χ3v) is 3.99. The molecule has 0 radical (unpaired) electrons. The molecule has 0 atom stereocenters. The fraction of sp³-hybridized carbons (Fsp3) is 0.667. The lowest BCUT2D eigenvalue weighted by Crippen LogP contribution is -2.43. The Morgan fingerprint density at radius 2 is 2.12 bits per heavy atom. The van der Waals surface area contributed by atoms with Gasteiger partial charge in [-0.05, 0) is 19.8 Å². The number of nitrogens with zero attached hydrogens (tertiary/aromatic N) is 2. The average Bonchev–Trinajstić information content (AvgIpc) is 3.12. The molecule has 132 valence electrons. The fourth-order valence-corrected chi connectivity index (χ4v) is 2.57. The first-order valence-corrected chi connectivity index (χ1v) is 7.84. The van der Waals surface area contributed by atoms with Crippen LogP contribution < -0.4 is 10.1 Å². The largest absolute Gasteiger partial charge is 0.478 e. The molecule has 1 aliphatic heterocycles. The Morgan fingerprint density at radius 3 is 2.71 bits per heavy atom. The Bertz CT molecular complexity index is 604. The lowest BCUT2D eigenvalue weighted by Gasteiger charge is -2.19. The van der Waals surface area contributed by atoms with Crippen molar-refractivity contribution in [3.63, 3.8) is 0 Å². The molecule has 7 nitrogen and oxygen atoms in total. The number of carbonyl (C=O) groups excluding carboxylic acids is 1. The predicted octanol–water partition coefficient (Wildman–Crippen LogP) is 1.38. The second-order valence-corrected chi connectivity index (χ2v) is 5.73. The van der Waals surface area contributed by atoms with Gasteiger partial charge in [0.15, 0.2) is 6.29 Å². The molecule has 1 aromatic rings. The first-order valence-electron chi connectivity index (χ1n) is 7.84. The minimum Gasteiger partial charge on any atom is -0.478 e. The molecule has 2 fully saturated rings. The molecular weight excluding hydrogens is 324 g/mol. The van der Waals surface area contributed by atoms with E-state index in [9.17, 15) is 13.6 Å². The summed E-state index contributed by atoms with van der Waals surface area (Å²) >= 11 is 0. The molecule has 2 heterocycles. The molecule has 1 aromatic heterocycles. The Kier molecular flexibility index (Phi) is 4.91. The van der Waals surface area contributed by atoms with Gasteiger partial charge in [0.05, 0.1) is 37.5 Å². The van der Waals surface area contributed by atoms with Gasteiger partial charge in [0.1, 0.15) is 11.9 Å². The molecular formula is C15H19F2N3O4. The summed E-state index contributed by atoms with van der Waals surface area (Å²) < 4.78 is 42.3. The Hall–Kier alpha value is -1.87. The van der Waals surface area contributed by atoms with E-state index >= 15 is 0 Å². The second kappa shape index (κ2) is 6.94. The zero-order valence-electron chi connectivity index (χ0n) is 13.3. The molecule has 1 saturated carbocycles. The van der Waals surface area contributed by atoms with Crippen molar-refractivity contribution in [2.24, 2.45) is 0 Å². The molecule has 0 aromatic carbocycles.